The minimum atomic E-state index is -0.172. The van der Waals surface area contributed by atoms with Gasteiger partial charge < -0.3 is 10.1 Å². The third kappa shape index (κ3) is 4.84. The van der Waals surface area contributed by atoms with E-state index in [0.29, 0.717) is 24.7 Å². The summed E-state index contributed by atoms with van der Waals surface area (Å²) in [6, 6.07) is 13.3. The van der Waals surface area contributed by atoms with Gasteiger partial charge in [0.15, 0.2) is 0 Å². The van der Waals surface area contributed by atoms with Gasteiger partial charge in [-0.3, -0.25) is 9.69 Å². The molecule has 26 heavy (non-hydrogen) atoms. The number of hydrogen-bond donors (Lipinski definition) is 1. The van der Waals surface area contributed by atoms with Crippen LogP contribution in [0.1, 0.15) is 24.8 Å². The van der Waals surface area contributed by atoms with Crippen LogP contribution in [-0.4, -0.2) is 34.9 Å². The molecule has 0 bridgehead atoms. The number of carbonyl (C=O) groups is 1. The van der Waals surface area contributed by atoms with Crippen LogP contribution in [0.15, 0.2) is 48.7 Å². The van der Waals surface area contributed by atoms with E-state index in [1.54, 1.807) is 18.3 Å². The molecule has 1 N–H and O–H groups in total. The van der Waals surface area contributed by atoms with E-state index in [0.717, 1.165) is 31.4 Å². The van der Waals surface area contributed by atoms with Crippen molar-refractivity contribution in [2.45, 2.75) is 31.9 Å². The molecule has 0 radical (unpaired) electrons. The Hall–Kier alpha value is -2.84. The number of piperidine rings is 1. The maximum Gasteiger partial charge on any atom is 0.241 e. The Morgan fingerprint density at radius 1 is 1.27 bits per heavy atom. The lowest BCUT2D eigenvalue weighted by molar-refractivity contribution is -0.122. The van der Waals surface area contributed by atoms with Crippen LogP contribution in [0.5, 0.6) is 5.88 Å². The first kappa shape index (κ1) is 18.0. The van der Waals surface area contributed by atoms with Gasteiger partial charge in [-0.25, -0.2) is 4.98 Å². The molecular weight excluding hydrogens is 326 g/mol. The molecule has 2 heterocycles. The highest BCUT2D eigenvalue weighted by Gasteiger charge is 2.28. The molecule has 1 unspecified atom stereocenters. The Labute approximate surface area is 154 Å². The van der Waals surface area contributed by atoms with Gasteiger partial charge in [-0.15, -0.1) is 6.42 Å². The Bertz CT molecular complexity index is 753. The quantitative estimate of drug-likeness (QED) is 0.815. The molecule has 3 rings (SSSR count). The Morgan fingerprint density at radius 3 is 2.85 bits per heavy atom. The number of aromatic nitrogens is 1. The minimum Gasteiger partial charge on any atom is -0.473 e. The van der Waals surface area contributed by atoms with E-state index in [-0.39, 0.29) is 11.9 Å². The van der Waals surface area contributed by atoms with Crippen molar-refractivity contribution in [1.82, 2.24) is 9.88 Å². The van der Waals surface area contributed by atoms with Crippen molar-refractivity contribution in [3.63, 3.8) is 0 Å². The van der Waals surface area contributed by atoms with E-state index in [1.165, 1.54) is 0 Å². The number of pyridine rings is 1. The topological polar surface area (TPSA) is 54.5 Å². The average molecular weight is 349 g/mol. The molecule has 1 amide bonds. The van der Waals surface area contributed by atoms with E-state index < -0.39 is 0 Å². The smallest absolute Gasteiger partial charge is 0.241 e. The number of nitrogens with zero attached hydrogens (tertiary/aromatic N) is 2. The van der Waals surface area contributed by atoms with Gasteiger partial charge >= 0.3 is 0 Å². The van der Waals surface area contributed by atoms with Gasteiger partial charge in [-0.05, 0) is 31.0 Å². The molecule has 5 nitrogen and oxygen atoms in total. The number of terminal acetylenes is 1. The van der Waals surface area contributed by atoms with Gasteiger partial charge in [0, 0.05) is 6.07 Å². The molecule has 1 saturated heterocycles. The van der Waals surface area contributed by atoms with Gasteiger partial charge in [0.25, 0.3) is 0 Å². The predicted molar refractivity (Wildman–Crippen MR) is 102 cm³/mol. The number of hydrogen-bond acceptors (Lipinski definition) is 4. The molecule has 1 aliphatic rings. The number of rotatable bonds is 6. The Morgan fingerprint density at radius 2 is 2.12 bits per heavy atom. The fourth-order valence-electron chi connectivity index (χ4n) is 3.09. The van der Waals surface area contributed by atoms with Crippen molar-refractivity contribution in [3.05, 3.63) is 54.2 Å². The molecule has 1 atom stereocenters. The summed E-state index contributed by atoms with van der Waals surface area (Å²) < 4.78 is 5.66. The van der Waals surface area contributed by atoms with E-state index in [9.17, 15) is 4.79 Å². The number of carbonyl (C=O) groups excluding carboxylic acids is 1. The third-order valence-corrected chi connectivity index (χ3v) is 4.44. The molecule has 134 valence electrons. The summed E-state index contributed by atoms with van der Waals surface area (Å²) in [6.07, 6.45) is 9.99. The highest BCUT2D eigenvalue weighted by atomic mass is 16.5. The fourth-order valence-corrected chi connectivity index (χ4v) is 3.09. The summed E-state index contributed by atoms with van der Waals surface area (Å²) in [4.78, 5) is 18.9. The molecule has 1 aliphatic heterocycles. The van der Waals surface area contributed by atoms with Crippen LogP contribution in [0.4, 0.5) is 5.69 Å². The molecule has 1 fully saturated rings. The van der Waals surface area contributed by atoms with Crippen molar-refractivity contribution in [2.75, 3.05) is 18.4 Å². The van der Waals surface area contributed by atoms with Gasteiger partial charge in [-0.2, -0.15) is 0 Å². The molecule has 0 saturated carbocycles. The zero-order valence-electron chi connectivity index (χ0n) is 14.7. The first-order valence-electron chi connectivity index (χ1n) is 8.87. The number of nitrogens with one attached hydrogen (secondary N) is 1. The number of ether oxygens (including phenoxy) is 1. The van der Waals surface area contributed by atoms with Crippen molar-refractivity contribution < 1.29 is 9.53 Å². The largest absolute Gasteiger partial charge is 0.473 e. The summed E-state index contributed by atoms with van der Waals surface area (Å²) in [6.45, 7) is 1.83. The van der Waals surface area contributed by atoms with Crippen molar-refractivity contribution in [3.8, 4) is 18.2 Å². The van der Waals surface area contributed by atoms with Crippen LogP contribution in [-0.2, 0) is 11.4 Å². The SMILES string of the molecule is C#CCN1CCCCC1C(=O)Nc1ccc(OCc2ccccc2)nc1. The molecule has 0 spiro atoms. The minimum absolute atomic E-state index is 0.0281. The van der Waals surface area contributed by atoms with Crippen molar-refractivity contribution in [2.24, 2.45) is 0 Å². The maximum atomic E-state index is 12.6. The normalized spacial score (nSPS) is 17.3. The fraction of sp³-hybridized carbons (Fsp3) is 0.333. The summed E-state index contributed by atoms with van der Waals surface area (Å²) >= 11 is 0. The molecule has 2 aromatic rings. The first-order valence-corrected chi connectivity index (χ1v) is 8.87. The van der Waals surface area contributed by atoms with Gasteiger partial charge in [0.05, 0.1) is 24.5 Å². The second-order valence-electron chi connectivity index (χ2n) is 6.33. The Balaban J connectivity index is 1.55. The van der Waals surface area contributed by atoms with E-state index in [4.69, 9.17) is 11.2 Å². The summed E-state index contributed by atoms with van der Waals surface area (Å²) in [5.41, 5.74) is 1.74. The summed E-state index contributed by atoms with van der Waals surface area (Å²) in [5, 5.41) is 2.93. The van der Waals surface area contributed by atoms with Gasteiger partial charge in [-0.1, -0.05) is 42.7 Å². The first-order chi connectivity index (χ1) is 12.8. The standard InChI is InChI=1S/C21H23N3O2/c1-2-13-24-14-7-6-10-19(24)21(25)23-18-11-12-20(22-15-18)26-16-17-8-4-3-5-9-17/h1,3-5,8-9,11-12,15,19H,6-7,10,13-14,16H2,(H,23,25). The molecule has 5 heteroatoms. The monoisotopic (exact) mass is 349 g/mol. The van der Waals surface area contributed by atoms with E-state index in [2.05, 4.69) is 21.1 Å². The number of amides is 1. The van der Waals surface area contributed by atoms with Gasteiger partial charge in [0.1, 0.15) is 6.61 Å². The molecule has 1 aromatic heterocycles. The van der Waals surface area contributed by atoms with Crippen LogP contribution in [0.3, 0.4) is 0 Å². The molecular formula is C21H23N3O2. The van der Waals surface area contributed by atoms with Crippen molar-refractivity contribution in [1.29, 1.82) is 0 Å². The zero-order chi connectivity index (χ0) is 18.2. The number of benzene rings is 1. The molecule has 0 aliphatic carbocycles. The zero-order valence-corrected chi connectivity index (χ0v) is 14.7. The second-order valence-corrected chi connectivity index (χ2v) is 6.33. The number of anilines is 1. The second kappa shape index (κ2) is 9.02. The van der Waals surface area contributed by atoms with Crippen LogP contribution in [0.2, 0.25) is 0 Å². The third-order valence-electron chi connectivity index (χ3n) is 4.44. The van der Waals surface area contributed by atoms with Gasteiger partial charge in [0.2, 0.25) is 11.8 Å². The van der Waals surface area contributed by atoms with Crippen molar-refractivity contribution >= 4 is 11.6 Å². The lowest BCUT2D eigenvalue weighted by atomic mass is 10.0. The summed E-state index contributed by atoms with van der Waals surface area (Å²) in [5.74, 6) is 3.14. The lowest BCUT2D eigenvalue weighted by Crippen LogP contribution is -2.47. The Kier molecular flexibility index (Phi) is 6.24. The average Bonchev–Trinajstić information content (AvgIpc) is 2.69. The van der Waals surface area contributed by atoms with E-state index in [1.807, 2.05) is 30.3 Å². The van der Waals surface area contributed by atoms with Crippen LogP contribution in [0, 0.1) is 12.3 Å². The van der Waals surface area contributed by atoms with Crippen LogP contribution in [0.25, 0.3) is 0 Å². The van der Waals surface area contributed by atoms with Crippen LogP contribution >= 0.6 is 0 Å². The predicted octanol–water partition coefficient (Wildman–Crippen LogP) is 3.09. The lowest BCUT2D eigenvalue weighted by Gasteiger charge is -2.33. The molecule has 1 aromatic carbocycles. The summed E-state index contributed by atoms with van der Waals surface area (Å²) in [7, 11) is 0. The highest BCUT2D eigenvalue weighted by molar-refractivity contribution is 5.94. The highest BCUT2D eigenvalue weighted by Crippen LogP contribution is 2.19. The maximum absolute atomic E-state index is 12.6. The number of likely N-dealkylation sites (tertiary alicyclic amines) is 1. The van der Waals surface area contributed by atoms with Crippen LogP contribution < -0.4 is 10.1 Å². The van der Waals surface area contributed by atoms with E-state index >= 15 is 0 Å².